The molecule has 0 amide bonds. The average Bonchev–Trinajstić information content (AvgIpc) is 2.73. The standard InChI is InChI=1S/C13H11ClO2S/c1-2-16-13(15)10-8-11(17-12(10)14)9-6-4-3-5-7-9/h3-8H,2H2,1H3. The Morgan fingerprint density at radius 3 is 2.71 bits per heavy atom. The molecule has 17 heavy (non-hydrogen) atoms. The monoisotopic (exact) mass is 266 g/mol. The molecule has 0 unspecified atom stereocenters. The number of thiophene rings is 1. The Morgan fingerprint density at radius 1 is 1.35 bits per heavy atom. The lowest BCUT2D eigenvalue weighted by atomic mass is 10.2. The van der Waals surface area contributed by atoms with Crippen molar-refractivity contribution in [3.63, 3.8) is 0 Å². The van der Waals surface area contributed by atoms with Gasteiger partial charge in [0, 0.05) is 4.88 Å². The molecule has 2 aromatic rings. The van der Waals surface area contributed by atoms with Crippen LogP contribution in [0.4, 0.5) is 0 Å². The van der Waals surface area contributed by atoms with Crippen LogP contribution in [0.25, 0.3) is 10.4 Å². The summed E-state index contributed by atoms with van der Waals surface area (Å²) >= 11 is 7.43. The summed E-state index contributed by atoms with van der Waals surface area (Å²) < 4.78 is 5.42. The number of benzene rings is 1. The molecule has 1 aromatic carbocycles. The molecule has 1 heterocycles. The molecule has 0 aliphatic rings. The van der Waals surface area contributed by atoms with Crippen LogP contribution in [0.15, 0.2) is 36.4 Å². The summed E-state index contributed by atoms with van der Waals surface area (Å²) in [5.74, 6) is -0.365. The van der Waals surface area contributed by atoms with Crippen LogP contribution in [-0.2, 0) is 4.74 Å². The second-order valence-corrected chi connectivity index (χ2v) is 5.04. The first-order chi connectivity index (χ1) is 8.22. The van der Waals surface area contributed by atoms with E-state index in [2.05, 4.69) is 0 Å². The summed E-state index contributed by atoms with van der Waals surface area (Å²) in [6, 6.07) is 11.6. The molecule has 1 aromatic heterocycles. The number of carbonyl (C=O) groups is 1. The molecule has 0 saturated heterocycles. The van der Waals surface area contributed by atoms with E-state index in [0.717, 1.165) is 10.4 Å². The normalized spacial score (nSPS) is 10.2. The minimum Gasteiger partial charge on any atom is -0.462 e. The van der Waals surface area contributed by atoms with Gasteiger partial charge in [0.2, 0.25) is 0 Å². The molecule has 0 spiro atoms. The maximum atomic E-state index is 11.6. The number of hydrogen-bond acceptors (Lipinski definition) is 3. The fourth-order valence-corrected chi connectivity index (χ4v) is 2.72. The van der Waals surface area contributed by atoms with Gasteiger partial charge in [-0.3, -0.25) is 0 Å². The zero-order chi connectivity index (χ0) is 12.3. The molecule has 2 nitrogen and oxygen atoms in total. The Morgan fingerprint density at radius 2 is 2.06 bits per heavy atom. The summed E-state index contributed by atoms with van der Waals surface area (Å²) in [6.45, 7) is 2.13. The van der Waals surface area contributed by atoms with Crippen LogP contribution in [0, 0.1) is 0 Å². The zero-order valence-electron chi connectivity index (χ0n) is 9.27. The highest BCUT2D eigenvalue weighted by Crippen LogP contribution is 2.35. The number of ether oxygens (including phenoxy) is 1. The topological polar surface area (TPSA) is 26.3 Å². The first kappa shape index (κ1) is 12.1. The fourth-order valence-electron chi connectivity index (χ4n) is 1.46. The molecule has 0 aliphatic carbocycles. The van der Waals surface area contributed by atoms with E-state index in [1.807, 2.05) is 30.3 Å². The molecule has 0 saturated carbocycles. The van der Waals surface area contributed by atoms with Crippen LogP contribution in [-0.4, -0.2) is 12.6 Å². The van der Waals surface area contributed by atoms with E-state index in [1.165, 1.54) is 11.3 Å². The quantitative estimate of drug-likeness (QED) is 0.777. The molecule has 0 radical (unpaired) electrons. The summed E-state index contributed by atoms with van der Waals surface area (Å²) in [5, 5.41) is 0. The van der Waals surface area contributed by atoms with Crippen molar-refractivity contribution in [2.24, 2.45) is 0 Å². The third-order valence-corrected chi connectivity index (χ3v) is 3.65. The Balaban J connectivity index is 2.34. The molecular formula is C13H11ClO2S. The Bertz CT molecular complexity index is 519. The molecular weight excluding hydrogens is 256 g/mol. The Kier molecular flexibility index (Phi) is 3.82. The molecule has 0 atom stereocenters. The second-order valence-electron chi connectivity index (χ2n) is 3.38. The van der Waals surface area contributed by atoms with Gasteiger partial charge in [-0.2, -0.15) is 0 Å². The van der Waals surface area contributed by atoms with Gasteiger partial charge in [-0.05, 0) is 18.6 Å². The van der Waals surface area contributed by atoms with Crippen molar-refractivity contribution >= 4 is 28.9 Å². The highest BCUT2D eigenvalue weighted by Gasteiger charge is 2.16. The van der Waals surface area contributed by atoms with E-state index in [9.17, 15) is 4.79 Å². The van der Waals surface area contributed by atoms with Crippen LogP contribution in [0.2, 0.25) is 4.34 Å². The highest BCUT2D eigenvalue weighted by molar-refractivity contribution is 7.19. The van der Waals surface area contributed by atoms with Crippen LogP contribution < -0.4 is 0 Å². The molecule has 88 valence electrons. The first-order valence-electron chi connectivity index (χ1n) is 5.24. The molecule has 0 fully saturated rings. The fraction of sp³-hybridized carbons (Fsp3) is 0.154. The molecule has 4 heteroatoms. The van der Waals surface area contributed by atoms with Crippen molar-refractivity contribution in [2.45, 2.75) is 6.92 Å². The molecule has 0 N–H and O–H groups in total. The summed E-state index contributed by atoms with van der Waals surface area (Å²) in [6.07, 6.45) is 0. The first-order valence-corrected chi connectivity index (χ1v) is 6.43. The second kappa shape index (κ2) is 5.34. The number of esters is 1. The van der Waals surface area contributed by atoms with Gasteiger partial charge in [-0.1, -0.05) is 41.9 Å². The number of halogens is 1. The van der Waals surface area contributed by atoms with Crippen molar-refractivity contribution in [1.29, 1.82) is 0 Å². The van der Waals surface area contributed by atoms with E-state index < -0.39 is 0 Å². The van der Waals surface area contributed by atoms with Crippen LogP contribution >= 0.6 is 22.9 Å². The van der Waals surface area contributed by atoms with Crippen molar-refractivity contribution < 1.29 is 9.53 Å². The molecule has 2 rings (SSSR count). The lowest BCUT2D eigenvalue weighted by molar-refractivity contribution is 0.0527. The van der Waals surface area contributed by atoms with Gasteiger partial charge < -0.3 is 4.74 Å². The predicted octanol–water partition coefficient (Wildman–Crippen LogP) is 4.25. The minimum absolute atomic E-state index is 0.353. The number of rotatable bonds is 3. The maximum Gasteiger partial charge on any atom is 0.340 e. The molecule has 0 bridgehead atoms. The Hall–Kier alpha value is -1.32. The van der Waals surface area contributed by atoms with Gasteiger partial charge in [0.05, 0.1) is 12.2 Å². The smallest absolute Gasteiger partial charge is 0.340 e. The minimum atomic E-state index is -0.365. The van der Waals surface area contributed by atoms with Gasteiger partial charge >= 0.3 is 5.97 Å². The summed E-state index contributed by atoms with van der Waals surface area (Å²) in [4.78, 5) is 12.6. The van der Waals surface area contributed by atoms with Gasteiger partial charge in [0.25, 0.3) is 0 Å². The van der Waals surface area contributed by atoms with Gasteiger partial charge in [0.15, 0.2) is 0 Å². The maximum absolute atomic E-state index is 11.6. The van der Waals surface area contributed by atoms with Crippen molar-refractivity contribution in [2.75, 3.05) is 6.61 Å². The van der Waals surface area contributed by atoms with E-state index in [4.69, 9.17) is 16.3 Å². The number of hydrogen-bond donors (Lipinski definition) is 0. The van der Waals surface area contributed by atoms with Crippen LogP contribution in [0.3, 0.4) is 0 Å². The van der Waals surface area contributed by atoms with Gasteiger partial charge in [-0.25, -0.2) is 4.79 Å². The Labute approximate surface area is 109 Å². The third-order valence-electron chi connectivity index (χ3n) is 2.24. The van der Waals surface area contributed by atoms with Crippen molar-refractivity contribution in [3.8, 4) is 10.4 Å². The predicted molar refractivity (Wildman–Crippen MR) is 70.7 cm³/mol. The third kappa shape index (κ3) is 2.68. The lowest BCUT2D eigenvalue weighted by Gasteiger charge is -1.98. The van der Waals surface area contributed by atoms with Crippen LogP contribution in [0.1, 0.15) is 17.3 Å². The van der Waals surface area contributed by atoms with E-state index in [1.54, 1.807) is 13.0 Å². The van der Waals surface area contributed by atoms with Gasteiger partial charge in [0.1, 0.15) is 4.34 Å². The van der Waals surface area contributed by atoms with Crippen LogP contribution in [0.5, 0.6) is 0 Å². The molecule has 0 aliphatic heterocycles. The lowest BCUT2D eigenvalue weighted by Crippen LogP contribution is -2.03. The summed E-state index contributed by atoms with van der Waals surface area (Å²) in [7, 11) is 0. The van der Waals surface area contributed by atoms with Crippen molar-refractivity contribution in [3.05, 3.63) is 46.3 Å². The highest BCUT2D eigenvalue weighted by atomic mass is 35.5. The number of carbonyl (C=O) groups excluding carboxylic acids is 1. The summed E-state index contributed by atoms with van der Waals surface area (Å²) in [5.41, 5.74) is 1.49. The zero-order valence-corrected chi connectivity index (χ0v) is 10.8. The SMILES string of the molecule is CCOC(=O)c1cc(-c2ccccc2)sc1Cl. The van der Waals surface area contributed by atoms with Crippen molar-refractivity contribution in [1.82, 2.24) is 0 Å². The largest absolute Gasteiger partial charge is 0.462 e. The van der Waals surface area contributed by atoms with E-state index in [0.29, 0.717) is 16.5 Å². The average molecular weight is 267 g/mol. The van der Waals surface area contributed by atoms with E-state index >= 15 is 0 Å². The van der Waals surface area contributed by atoms with Gasteiger partial charge in [-0.15, -0.1) is 11.3 Å². The van der Waals surface area contributed by atoms with E-state index in [-0.39, 0.29) is 5.97 Å².